The number of hydrogen-bond acceptors (Lipinski definition) is 4. The van der Waals surface area contributed by atoms with Gasteiger partial charge in [-0.3, -0.25) is 0 Å². The van der Waals surface area contributed by atoms with Crippen LogP contribution in [-0.4, -0.2) is 13.4 Å². The van der Waals surface area contributed by atoms with Gasteiger partial charge in [0.25, 0.3) is 15.5 Å². The van der Waals surface area contributed by atoms with Gasteiger partial charge in [-0.15, -0.1) is 0 Å². The molecule has 1 rings (SSSR count). The van der Waals surface area contributed by atoms with Gasteiger partial charge in [-0.25, -0.2) is 22.2 Å². The van der Waals surface area contributed by atoms with Crippen LogP contribution in [0.2, 0.25) is 0 Å². The highest BCUT2D eigenvalue weighted by molar-refractivity contribution is 8.13. The molecule has 0 atom stereocenters. The van der Waals surface area contributed by atoms with Crippen LogP contribution in [0.5, 0.6) is 0 Å². The topological polar surface area (TPSA) is 73.0 Å². The van der Waals surface area contributed by atoms with Crippen molar-refractivity contribution in [1.29, 1.82) is 0 Å². The fraction of sp³-hybridized carbons (Fsp3) is 0.375. The first-order valence-corrected chi connectivity index (χ1v) is 6.83. The summed E-state index contributed by atoms with van der Waals surface area (Å²) in [5.41, 5.74) is 1.18. The number of halogens is 6. The maximum absolute atomic E-state index is 12.6. The highest BCUT2D eigenvalue weighted by Crippen LogP contribution is 2.36. The molecule has 108 valence electrons. The Hall–Kier alpha value is -1.00. The maximum Gasteiger partial charge on any atom is 0.418 e. The third-order valence-corrected chi connectivity index (χ3v) is 3.29. The molecule has 0 bridgehead atoms. The van der Waals surface area contributed by atoms with Crippen LogP contribution in [0.3, 0.4) is 0 Å². The summed E-state index contributed by atoms with van der Waals surface area (Å²) >= 11 is 0. The van der Waals surface area contributed by atoms with Crippen LogP contribution in [0.25, 0.3) is 0 Å². The monoisotopic (exact) mass is 324 g/mol. The van der Waals surface area contributed by atoms with Crippen molar-refractivity contribution in [3.05, 3.63) is 22.9 Å². The molecule has 0 aromatic carbocycles. The Morgan fingerprint density at radius 3 is 2.21 bits per heavy atom. The Morgan fingerprint density at radius 2 is 1.89 bits per heavy atom. The highest BCUT2D eigenvalue weighted by Gasteiger charge is 2.37. The van der Waals surface area contributed by atoms with E-state index in [2.05, 4.69) is 4.98 Å². The average Bonchev–Trinajstić information content (AvgIpc) is 2.24. The second-order valence-corrected chi connectivity index (χ2v) is 5.80. The average molecular weight is 325 g/mol. The molecule has 4 nitrogen and oxygen atoms in total. The first-order chi connectivity index (χ1) is 8.48. The fourth-order valence-corrected chi connectivity index (χ4v) is 2.32. The predicted molar refractivity (Wildman–Crippen MR) is 55.1 cm³/mol. The third kappa shape index (κ3) is 3.51. The van der Waals surface area contributed by atoms with E-state index in [1.54, 1.807) is 0 Å². The lowest BCUT2D eigenvalue weighted by Crippen LogP contribution is -2.17. The number of hydrogen-bond donors (Lipinski definition) is 1. The quantitative estimate of drug-likeness (QED) is 0.684. The number of nitrogens with two attached hydrogens (primary N) is 1. The van der Waals surface area contributed by atoms with Gasteiger partial charge in [0, 0.05) is 17.2 Å². The summed E-state index contributed by atoms with van der Waals surface area (Å²) < 4.78 is 85.0. The summed E-state index contributed by atoms with van der Waals surface area (Å²) in [4.78, 5) is 3.01. The molecular weight excluding hydrogens is 319 g/mol. The van der Waals surface area contributed by atoms with Gasteiger partial charge >= 0.3 is 6.18 Å². The highest BCUT2D eigenvalue weighted by atomic mass is 35.7. The van der Waals surface area contributed by atoms with Gasteiger partial charge < -0.3 is 5.73 Å². The minimum atomic E-state index is -4.99. The largest absolute Gasteiger partial charge is 0.418 e. The molecule has 0 unspecified atom stereocenters. The van der Waals surface area contributed by atoms with Crippen LogP contribution >= 0.6 is 10.7 Å². The molecule has 0 aliphatic carbocycles. The minimum absolute atomic E-state index is 0.00484. The molecule has 0 fully saturated rings. The minimum Gasteiger partial charge on any atom is -0.325 e. The summed E-state index contributed by atoms with van der Waals surface area (Å²) in [6, 6.07) is -0.00484. The molecule has 19 heavy (non-hydrogen) atoms. The molecule has 1 heterocycles. The Kier molecular flexibility index (Phi) is 4.37. The molecule has 1 aromatic heterocycles. The molecule has 11 heteroatoms. The van der Waals surface area contributed by atoms with E-state index < -0.39 is 50.0 Å². The molecular formula is C8H6ClF5N2O2S. The molecule has 0 radical (unpaired) electrons. The zero-order valence-electron chi connectivity index (χ0n) is 8.88. The van der Waals surface area contributed by atoms with Crippen LogP contribution in [0.4, 0.5) is 22.0 Å². The summed E-state index contributed by atoms with van der Waals surface area (Å²) in [6.45, 7) is -0.780. The Labute approximate surface area is 108 Å². The zero-order chi connectivity index (χ0) is 15.0. The van der Waals surface area contributed by atoms with E-state index >= 15 is 0 Å². The van der Waals surface area contributed by atoms with E-state index in [1.807, 2.05) is 0 Å². The molecule has 1 aromatic rings. The molecule has 2 N–H and O–H groups in total. The number of rotatable bonds is 3. The van der Waals surface area contributed by atoms with E-state index in [4.69, 9.17) is 16.4 Å². The van der Waals surface area contributed by atoms with Gasteiger partial charge in [0.15, 0.2) is 5.03 Å². The van der Waals surface area contributed by atoms with Crippen LogP contribution in [0, 0.1) is 0 Å². The van der Waals surface area contributed by atoms with Crippen LogP contribution in [-0.2, 0) is 21.8 Å². The first kappa shape index (κ1) is 16.1. The molecule has 0 spiro atoms. The van der Waals surface area contributed by atoms with E-state index in [1.165, 1.54) is 0 Å². The first-order valence-electron chi connectivity index (χ1n) is 4.52. The molecule has 0 saturated carbocycles. The second kappa shape index (κ2) is 5.17. The Balaban J connectivity index is 3.71. The van der Waals surface area contributed by atoms with Gasteiger partial charge in [0.2, 0.25) is 0 Å². The van der Waals surface area contributed by atoms with Gasteiger partial charge in [-0.05, 0) is 6.07 Å². The van der Waals surface area contributed by atoms with Crippen molar-refractivity contribution in [3.8, 4) is 0 Å². The standard InChI is InChI=1S/C8H6ClF5N2O2S/c9-19(17,18)7-3(6(10)11)1-4(8(12,13)14)5(2-15)16-7/h1,6H,2,15H2. The maximum atomic E-state index is 12.6. The molecule has 0 saturated heterocycles. The van der Waals surface area contributed by atoms with Crippen molar-refractivity contribution in [2.75, 3.05) is 0 Å². The SMILES string of the molecule is NCc1nc(S(=O)(=O)Cl)c(C(F)F)cc1C(F)(F)F. The summed E-state index contributed by atoms with van der Waals surface area (Å²) in [5.74, 6) is 0. The van der Waals surface area contributed by atoms with E-state index in [0.29, 0.717) is 0 Å². The lowest BCUT2D eigenvalue weighted by atomic mass is 10.1. The van der Waals surface area contributed by atoms with Crippen LogP contribution in [0.15, 0.2) is 11.1 Å². The molecule has 0 aliphatic heterocycles. The van der Waals surface area contributed by atoms with E-state index in [9.17, 15) is 30.4 Å². The van der Waals surface area contributed by atoms with Crippen molar-refractivity contribution >= 4 is 19.7 Å². The van der Waals surface area contributed by atoms with E-state index in [-0.39, 0.29) is 6.07 Å². The van der Waals surface area contributed by atoms with Gasteiger partial charge in [0.1, 0.15) is 0 Å². The number of pyridine rings is 1. The van der Waals surface area contributed by atoms with Crippen molar-refractivity contribution in [1.82, 2.24) is 4.98 Å². The van der Waals surface area contributed by atoms with Crippen molar-refractivity contribution in [3.63, 3.8) is 0 Å². The predicted octanol–water partition coefficient (Wildman–Crippen LogP) is 2.42. The van der Waals surface area contributed by atoms with Gasteiger partial charge in [-0.2, -0.15) is 13.2 Å². The normalized spacial score (nSPS) is 13.1. The number of alkyl halides is 5. The van der Waals surface area contributed by atoms with Crippen LogP contribution < -0.4 is 5.73 Å². The van der Waals surface area contributed by atoms with Crippen LogP contribution in [0.1, 0.15) is 23.2 Å². The lowest BCUT2D eigenvalue weighted by Gasteiger charge is -2.14. The van der Waals surface area contributed by atoms with Gasteiger partial charge in [-0.1, -0.05) is 0 Å². The van der Waals surface area contributed by atoms with Crippen molar-refractivity contribution in [2.45, 2.75) is 24.2 Å². The summed E-state index contributed by atoms with van der Waals surface area (Å²) in [7, 11) is 0.143. The van der Waals surface area contributed by atoms with Crippen molar-refractivity contribution < 1.29 is 30.4 Å². The Morgan fingerprint density at radius 1 is 1.37 bits per heavy atom. The summed E-state index contributed by atoms with van der Waals surface area (Å²) in [5, 5.41) is -1.32. The summed E-state index contributed by atoms with van der Waals surface area (Å²) in [6.07, 6.45) is -8.47. The molecule has 0 amide bonds. The van der Waals surface area contributed by atoms with E-state index in [0.717, 1.165) is 0 Å². The smallest absolute Gasteiger partial charge is 0.325 e. The number of aromatic nitrogens is 1. The fourth-order valence-electron chi connectivity index (χ4n) is 1.30. The lowest BCUT2D eigenvalue weighted by molar-refractivity contribution is -0.138. The van der Waals surface area contributed by atoms with Crippen molar-refractivity contribution in [2.24, 2.45) is 5.73 Å². The number of nitrogens with zero attached hydrogens (tertiary/aromatic N) is 1. The van der Waals surface area contributed by atoms with Gasteiger partial charge in [0.05, 0.1) is 16.8 Å². The Bertz CT molecular complexity index is 588. The third-order valence-electron chi connectivity index (χ3n) is 2.06. The zero-order valence-corrected chi connectivity index (χ0v) is 10.5. The second-order valence-electron chi connectivity index (χ2n) is 3.32. The molecule has 0 aliphatic rings.